The van der Waals surface area contributed by atoms with Gasteiger partial charge in [-0.05, 0) is 32.0 Å². The Kier molecular flexibility index (Phi) is 3.89. The van der Waals surface area contributed by atoms with Crippen LogP contribution in [0.1, 0.15) is 13.8 Å². The van der Waals surface area contributed by atoms with Crippen LogP contribution in [0.15, 0.2) is 23.1 Å². The highest BCUT2D eigenvalue weighted by Crippen LogP contribution is 2.24. The highest BCUT2D eigenvalue weighted by atomic mass is 32.2. The lowest BCUT2D eigenvalue weighted by molar-refractivity contribution is 0.416. The first-order valence-electron chi connectivity index (χ1n) is 5.17. The van der Waals surface area contributed by atoms with Crippen molar-refractivity contribution in [2.24, 2.45) is 0 Å². The summed E-state index contributed by atoms with van der Waals surface area (Å²) in [5.41, 5.74) is 4.95. The van der Waals surface area contributed by atoms with Gasteiger partial charge in [0.2, 0.25) is 10.0 Å². The lowest BCUT2D eigenvalue weighted by Gasteiger charge is -2.19. The van der Waals surface area contributed by atoms with Gasteiger partial charge in [0.1, 0.15) is 5.75 Å². The van der Waals surface area contributed by atoms with Crippen molar-refractivity contribution in [3.63, 3.8) is 0 Å². The van der Waals surface area contributed by atoms with Crippen LogP contribution >= 0.6 is 0 Å². The molecule has 0 aliphatic rings. The number of ether oxygens (including phenoxy) is 1. The molecule has 0 amide bonds. The predicted molar refractivity (Wildman–Crippen MR) is 70.6 cm³/mol. The van der Waals surface area contributed by atoms with Crippen molar-refractivity contribution in [2.75, 3.05) is 12.8 Å². The molecule has 98 valence electrons. The summed E-state index contributed by atoms with van der Waals surface area (Å²) in [5.74, 6) is 2.78. The number of benzene rings is 1. The van der Waals surface area contributed by atoms with Crippen molar-refractivity contribution in [1.82, 2.24) is 4.72 Å². The monoisotopic (exact) mass is 268 g/mol. The molecule has 0 atom stereocenters. The van der Waals surface area contributed by atoms with Gasteiger partial charge < -0.3 is 10.5 Å². The molecule has 0 fully saturated rings. The molecule has 6 heteroatoms. The minimum Gasteiger partial charge on any atom is -0.495 e. The summed E-state index contributed by atoms with van der Waals surface area (Å²) < 4.78 is 31.5. The van der Waals surface area contributed by atoms with Gasteiger partial charge in [-0.15, -0.1) is 6.42 Å². The van der Waals surface area contributed by atoms with Crippen LogP contribution < -0.4 is 15.2 Å². The SMILES string of the molecule is C#CC(C)(C)NS(=O)(=O)c1ccc(OC)c(N)c1. The Morgan fingerprint density at radius 2 is 2.06 bits per heavy atom. The van der Waals surface area contributed by atoms with Crippen molar-refractivity contribution >= 4 is 15.7 Å². The van der Waals surface area contributed by atoms with Crippen molar-refractivity contribution in [2.45, 2.75) is 24.3 Å². The van der Waals surface area contributed by atoms with Gasteiger partial charge in [0.25, 0.3) is 0 Å². The zero-order chi connectivity index (χ0) is 14.0. The second-order valence-electron chi connectivity index (χ2n) is 4.28. The van der Waals surface area contributed by atoms with Crippen LogP contribution in [0.25, 0.3) is 0 Å². The molecule has 18 heavy (non-hydrogen) atoms. The number of rotatable bonds is 4. The van der Waals surface area contributed by atoms with E-state index in [1.165, 1.54) is 25.3 Å². The van der Waals surface area contributed by atoms with Crippen molar-refractivity contribution in [3.8, 4) is 18.1 Å². The quantitative estimate of drug-likeness (QED) is 0.629. The second-order valence-corrected chi connectivity index (χ2v) is 5.96. The number of nitrogens with one attached hydrogen (secondary N) is 1. The Balaban J connectivity index is 3.15. The molecule has 0 saturated carbocycles. The number of methoxy groups -OCH3 is 1. The molecular weight excluding hydrogens is 252 g/mol. The number of hydrogen-bond donors (Lipinski definition) is 2. The first kappa shape index (κ1) is 14.4. The minimum atomic E-state index is -3.71. The maximum atomic E-state index is 12.1. The van der Waals surface area contributed by atoms with Gasteiger partial charge in [-0.3, -0.25) is 0 Å². The van der Waals surface area contributed by atoms with Crippen molar-refractivity contribution in [1.29, 1.82) is 0 Å². The van der Waals surface area contributed by atoms with Gasteiger partial charge in [-0.25, -0.2) is 8.42 Å². The summed E-state index contributed by atoms with van der Waals surface area (Å²) in [6.45, 7) is 3.19. The van der Waals surface area contributed by atoms with E-state index in [2.05, 4.69) is 10.6 Å². The van der Waals surface area contributed by atoms with E-state index in [4.69, 9.17) is 16.9 Å². The maximum absolute atomic E-state index is 12.1. The van der Waals surface area contributed by atoms with Crippen LogP contribution in [0, 0.1) is 12.3 Å². The molecule has 0 aliphatic carbocycles. The van der Waals surface area contributed by atoms with E-state index in [-0.39, 0.29) is 10.6 Å². The number of terminal acetylenes is 1. The zero-order valence-corrected chi connectivity index (χ0v) is 11.3. The van der Waals surface area contributed by atoms with Crippen LogP contribution in [0.4, 0.5) is 5.69 Å². The summed E-state index contributed by atoms with van der Waals surface area (Å²) in [7, 11) is -2.25. The zero-order valence-electron chi connectivity index (χ0n) is 10.5. The Labute approximate surface area is 107 Å². The fourth-order valence-corrected chi connectivity index (χ4v) is 2.68. The van der Waals surface area contributed by atoms with E-state index >= 15 is 0 Å². The summed E-state index contributed by atoms with van der Waals surface area (Å²) in [5, 5.41) is 0. The normalized spacial score (nSPS) is 11.9. The number of nitrogen functional groups attached to an aromatic ring is 1. The van der Waals surface area contributed by atoms with Crippen LogP contribution in [0.3, 0.4) is 0 Å². The maximum Gasteiger partial charge on any atom is 0.241 e. The topological polar surface area (TPSA) is 81.4 Å². The van der Waals surface area contributed by atoms with Crippen LogP contribution in [-0.4, -0.2) is 21.1 Å². The predicted octanol–water partition coefficient (Wildman–Crippen LogP) is 0.968. The van der Waals surface area contributed by atoms with E-state index < -0.39 is 15.6 Å². The van der Waals surface area contributed by atoms with E-state index in [1.54, 1.807) is 13.8 Å². The molecule has 0 spiro atoms. The molecule has 1 rings (SSSR count). The highest BCUT2D eigenvalue weighted by molar-refractivity contribution is 7.89. The Hall–Kier alpha value is -1.71. The third-order valence-electron chi connectivity index (χ3n) is 2.26. The smallest absolute Gasteiger partial charge is 0.241 e. The average molecular weight is 268 g/mol. The molecule has 5 nitrogen and oxygen atoms in total. The molecule has 0 aromatic heterocycles. The number of nitrogens with two attached hydrogens (primary N) is 1. The van der Waals surface area contributed by atoms with E-state index in [1.807, 2.05) is 0 Å². The van der Waals surface area contributed by atoms with Gasteiger partial charge in [-0.1, -0.05) is 5.92 Å². The molecule has 0 heterocycles. The third kappa shape index (κ3) is 3.15. The largest absolute Gasteiger partial charge is 0.495 e. The summed E-state index contributed by atoms with van der Waals surface area (Å²) in [6, 6.07) is 4.23. The van der Waals surface area contributed by atoms with Crippen LogP contribution in [0.2, 0.25) is 0 Å². The van der Waals surface area contributed by atoms with Crippen LogP contribution in [-0.2, 0) is 10.0 Å². The van der Waals surface area contributed by atoms with E-state index in [9.17, 15) is 8.42 Å². The molecular formula is C12H16N2O3S. The third-order valence-corrected chi connectivity index (χ3v) is 3.92. The van der Waals surface area contributed by atoms with Gasteiger partial charge in [-0.2, -0.15) is 4.72 Å². The van der Waals surface area contributed by atoms with Gasteiger partial charge >= 0.3 is 0 Å². The number of anilines is 1. The Bertz CT molecular complexity index is 586. The van der Waals surface area contributed by atoms with Gasteiger partial charge in [0.15, 0.2) is 0 Å². The molecule has 1 aromatic rings. The fourth-order valence-electron chi connectivity index (χ4n) is 1.30. The van der Waals surface area contributed by atoms with Gasteiger partial charge in [0.05, 0.1) is 23.2 Å². The molecule has 0 aliphatic heterocycles. The molecule has 3 N–H and O–H groups in total. The summed E-state index contributed by atoms with van der Waals surface area (Å²) >= 11 is 0. The Morgan fingerprint density at radius 3 is 2.50 bits per heavy atom. The molecule has 0 unspecified atom stereocenters. The summed E-state index contributed by atoms with van der Waals surface area (Å²) in [6.07, 6.45) is 5.25. The molecule has 0 saturated heterocycles. The average Bonchev–Trinajstić information content (AvgIpc) is 2.27. The lowest BCUT2D eigenvalue weighted by atomic mass is 10.1. The fraction of sp³-hybridized carbons (Fsp3) is 0.333. The molecule has 0 bridgehead atoms. The standard InChI is InChI=1S/C12H16N2O3S/c1-5-12(2,3)14-18(15,16)9-6-7-11(17-4)10(13)8-9/h1,6-8,14H,13H2,2-4H3. The Morgan fingerprint density at radius 1 is 1.44 bits per heavy atom. The van der Waals surface area contributed by atoms with E-state index in [0.717, 1.165) is 0 Å². The number of hydrogen-bond acceptors (Lipinski definition) is 4. The first-order valence-corrected chi connectivity index (χ1v) is 6.65. The minimum absolute atomic E-state index is 0.0455. The van der Waals surface area contributed by atoms with Gasteiger partial charge in [0, 0.05) is 0 Å². The van der Waals surface area contributed by atoms with E-state index in [0.29, 0.717) is 5.75 Å². The molecule has 0 radical (unpaired) electrons. The first-order chi connectivity index (χ1) is 8.22. The second kappa shape index (κ2) is 4.88. The van der Waals surface area contributed by atoms with Crippen LogP contribution in [0.5, 0.6) is 5.75 Å². The molecule has 1 aromatic carbocycles. The number of sulfonamides is 1. The summed E-state index contributed by atoms with van der Waals surface area (Å²) in [4.78, 5) is 0.0455. The van der Waals surface area contributed by atoms with Crippen molar-refractivity contribution in [3.05, 3.63) is 18.2 Å². The van der Waals surface area contributed by atoms with Crippen molar-refractivity contribution < 1.29 is 13.2 Å². The lowest BCUT2D eigenvalue weighted by Crippen LogP contribution is -2.41. The highest BCUT2D eigenvalue weighted by Gasteiger charge is 2.24.